The Bertz CT molecular complexity index is 1390. The van der Waals surface area contributed by atoms with E-state index in [0.717, 1.165) is 51.4 Å². The van der Waals surface area contributed by atoms with Crippen LogP contribution in [-0.2, 0) is 32.7 Å². The van der Waals surface area contributed by atoms with Crippen molar-refractivity contribution in [3.05, 3.63) is 48.6 Å². The van der Waals surface area contributed by atoms with Crippen LogP contribution in [0.25, 0.3) is 0 Å². The molecule has 0 fully saturated rings. The molecule has 2 unspecified atom stereocenters. The maximum absolute atomic E-state index is 12.8. The first-order valence-corrected chi connectivity index (χ1v) is 32.8. The Hall–Kier alpha value is -2.03. The Labute approximate surface area is 458 Å². The maximum atomic E-state index is 12.8. The molecule has 10 heteroatoms. The van der Waals surface area contributed by atoms with Crippen LogP contribution in [0.3, 0.4) is 0 Å². The molecule has 0 spiro atoms. The number of rotatable bonds is 58. The van der Waals surface area contributed by atoms with Crippen LogP contribution in [-0.4, -0.2) is 70.0 Å². The second-order valence-electron chi connectivity index (χ2n) is 22.4. The molecule has 0 aromatic carbocycles. The molecule has 74 heavy (non-hydrogen) atoms. The standard InChI is InChI=1S/C64H120NO8P/c1-6-8-10-12-14-16-18-20-22-24-26-28-30-31-32-33-35-37-39-41-43-45-47-49-51-53-55-57-64(67)73-62(61-72-74(68,69)71-59-58-65(3,4)5)60-70-63(66)56-54-52-50-48-46-44-42-40-38-36-34-29-27-25-23-21-19-17-15-13-11-9-7-2/h18-21,24-27,62H,6-17,22-23,28-61H2,1-5H3/b20-18-,21-19-,26-24-,27-25-. The number of phosphoric ester groups is 1. The van der Waals surface area contributed by atoms with Crippen molar-refractivity contribution in [1.82, 2.24) is 0 Å². The SMILES string of the molecule is CCCCCCC/C=C\C/C=C\CCCCCCCCCCCCCCCCCC(=O)OC(COC(=O)CCCCCCCCCCCCC/C=C\C/C=C\CCCCCCC)COP(=O)([O-])OCC[N+](C)(C)C. The van der Waals surface area contributed by atoms with Gasteiger partial charge in [0, 0.05) is 12.8 Å². The molecule has 0 heterocycles. The molecular formula is C64H120NO8P. The number of allylic oxidation sites excluding steroid dienone is 8. The molecule has 0 bridgehead atoms. The highest BCUT2D eigenvalue weighted by atomic mass is 31.2. The van der Waals surface area contributed by atoms with E-state index in [9.17, 15) is 19.0 Å². The Morgan fingerprint density at radius 2 is 0.730 bits per heavy atom. The first-order valence-electron chi connectivity index (χ1n) is 31.3. The van der Waals surface area contributed by atoms with E-state index in [1.165, 1.54) is 212 Å². The van der Waals surface area contributed by atoms with Crippen molar-refractivity contribution in [2.45, 2.75) is 302 Å². The fraction of sp³-hybridized carbons (Fsp3) is 0.844. The zero-order valence-electron chi connectivity index (χ0n) is 49.3. The second kappa shape index (κ2) is 55.7. The van der Waals surface area contributed by atoms with Crippen molar-refractivity contribution < 1.29 is 42.1 Å². The topological polar surface area (TPSA) is 111 Å². The molecule has 9 nitrogen and oxygen atoms in total. The molecule has 0 rings (SSSR count). The van der Waals surface area contributed by atoms with Crippen LogP contribution in [0.4, 0.5) is 0 Å². The van der Waals surface area contributed by atoms with E-state index < -0.39 is 26.5 Å². The summed E-state index contributed by atoms with van der Waals surface area (Å²) in [4.78, 5) is 37.9. The van der Waals surface area contributed by atoms with Gasteiger partial charge in [0.1, 0.15) is 19.8 Å². The molecule has 0 aliphatic rings. The predicted octanol–water partition coefficient (Wildman–Crippen LogP) is 19.1. The Morgan fingerprint density at radius 1 is 0.419 bits per heavy atom. The van der Waals surface area contributed by atoms with Crippen molar-refractivity contribution >= 4 is 19.8 Å². The van der Waals surface area contributed by atoms with Gasteiger partial charge in [-0.3, -0.25) is 14.2 Å². The van der Waals surface area contributed by atoms with E-state index in [2.05, 4.69) is 62.5 Å². The van der Waals surface area contributed by atoms with Crippen LogP contribution in [0.5, 0.6) is 0 Å². The third kappa shape index (κ3) is 59.2. The number of quaternary nitrogens is 1. The van der Waals surface area contributed by atoms with Gasteiger partial charge >= 0.3 is 11.9 Å². The van der Waals surface area contributed by atoms with Crippen LogP contribution in [0.1, 0.15) is 296 Å². The van der Waals surface area contributed by atoms with Gasteiger partial charge in [0.25, 0.3) is 7.82 Å². The van der Waals surface area contributed by atoms with E-state index in [4.69, 9.17) is 18.5 Å². The molecular weight excluding hydrogens is 942 g/mol. The number of nitrogens with zero attached hydrogens (tertiary/aromatic N) is 1. The Morgan fingerprint density at radius 3 is 1.07 bits per heavy atom. The number of hydrogen-bond donors (Lipinski definition) is 0. The van der Waals surface area contributed by atoms with Gasteiger partial charge in [-0.2, -0.15) is 0 Å². The molecule has 0 aromatic heterocycles. The summed E-state index contributed by atoms with van der Waals surface area (Å²) in [5, 5.41) is 0. The Kier molecular flexibility index (Phi) is 54.2. The highest BCUT2D eigenvalue weighted by Gasteiger charge is 2.22. The second-order valence-corrected chi connectivity index (χ2v) is 23.8. The summed E-state index contributed by atoms with van der Waals surface area (Å²) in [6.45, 7) is 4.26. The van der Waals surface area contributed by atoms with Gasteiger partial charge in [0.05, 0.1) is 27.7 Å². The van der Waals surface area contributed by atoms with Crippen LogP contribution in [0.15, 0.2) is 48.6 Å². The lowest BCUT2D eigenvalue weighted by Gasteiger charge is -2.28. The van der Waals surface area contributed by atoms with Gasteiger partial charge < -0.3 is 27.9 Å². The molecule has 0 saturated heterocycles. The summed E-state index contributed by atoms with van der Waals surface area (Å²) in [5.41, 5.74) is 0. The third-order valence-corrected chi connectivity index (χ3v) is 14.8. The highest BCUT2D eigenvalue weighted by Crippen LogP contribution is 2.38. The molecule has 0 saturated carbocycles. The molecule has 0 aliphatic carbocycles. The number of esters is 2. The zero-order chi connectivity index (χ0) is 54.2. The average molecular weight is 1060 g/mol. The molecule has 2 atom stereocenters. The van der Waals surface area contributed by atoms with Crippen LogP contribution in [0, 0.1) is 0 Å². The minimum Gasteiger partial charge on any atom is -0.756 e. The summed E-state index contributed by atoms with van der Waals surface area (Å²) < 4.78 is 34.2. The molecule has 0 aliphatic heterocycles. The minimum absolute atomic E-state index is 0.0307. The number of carbonyl (C=O) groups excluding carboxylic acids is 2. The van der Waals surface area contributed by atoms with Crippen molar-refractivity contribution in [2.24, 2.45) is 0 Å². The van der Waals surface area contributed by atoms with Crippen molar-refractivity contribution in [3.8, 4) is 0 Å². The van der Waals surface area contributed by atoms with Crippen LogP contribution in [0.2, 0.25) is 0 Å². The molecule has 0 N–H and O–H groups in total. The number of carbonyl (C=O) groups is 2. The van der Waals surface area contributed by atoms with Crippen molar-refractivity contribution in [1.29, 1.82) is 0 Å². The monoisotopic (exact) mass is 1060 g/mol. The van der Waals surface area contributed by atoms with Crippen LogP contribution >= 0.6 is 7.82 Å². The summed E-state index contributed by atoms with van der Waals surface area (Å²) in [6, 6.07) is 0. The van der Waals surface area contributed by atoms with Crippen molar-refractivity contribution in [2.75, 3.05) is 47.5 Å². The first-order chi connectivity index (χ1) is 36.0. The largest absolute Gasteiger partial charge is 0.756 e. The smallest absolute Gasteiger partial charge is 0.306 e. The van der Waals surface area contributed by atoms with Gasteiger partial charge in [-0.1, -0.05) is 255 Å². The normalized spacial score (nSPS) is 13.5. The predicted molar refractivity (Wildman–Crippen MR) is 314 cm³/mol. The number of phosphoric acid groups is 1. The summed E-state index contributed by atoms with van der Waals surface area (Å²) in [5.74, 6) is -0.824. The Balaban J connectivity index is 4.10. The lowest BCUT2D eigenvalue weighted by Crippen LogP contribution is -2.37. The highest BCUT2D eigenvalue weighted by molar-refractivity contribution is 7.45. The summed E-state index contributed by atoms with van der Waals surface area (Å²) >= 11 is 0. The molecule has 0 amide bonds. The first kappa shape index (κ1) is 72.0. The number of hydrogen-bond acceptors (Lipinski definition) is 8. The van der Waals surface area contributed by atoms with Gasteiger partial charge in [0.2, 0.25) is 0 Å². The lowest BCUT2D eigenvalue weighted by molar-refractivity contribution is -0.870. The van der Waals surface area contributed by atoms with Crippen molar-refractivity contribution in [3.63, 3.8) is 0 Å². The third-order valence-electron chi connectivity index (χ3n) is 13.8. The molecule has 0 aromatic rings. The quantitative estimate of drug-likeness (QED) is 0.0195. The fourth-order valence-corrected chi connectivity index (χ4v) is 9.68. The minimum atomic E-state index is -4.64. The van der Waals surface area contributed by atoms with E-state index in [-0.39, 0.29) is 32.0 Å². The molecule has 0 radical (unpaired) electrons. The lowest BCUT2D eigenvalue weighted by atomic mass is 10.0. The summed E-state index contributed by atoms with van der Waals surface area (Å²) in [6.07, 6.45) is 70.2. The van der Waals surface area contributed by atoms with E-state index in [0.29, 0.717) is 17.4 Å². The number of ether oxygens (including phenoxy) is 2. The zero-order valence-corrected chi connectivity index (χ0v) is 50.2. The van der Waals surface area contributed by atoms with Gasteiger partial charge in [-0.05, 0) is 77.0 Å². The van der Waals surface area contributed by atoms with Gasteiger partial charge in [-0.15, -0.1) is 0 Å². The van der Waals surface area contributed by atoms with E-state index >= 15 is 0 Å². The number of likely N-dealkylation sites (N-methyl/N-ethyl adjacent to an activating group) is 1. The van der Waals surface area contributed by atoms with Crippen LogP contribution < -0.4 is 4.89 Å². The molecule has 434 valence electrons. The fourth-order valence-electron chi connectivity index (χ4n) is 8.95. The maximum Gasteiger partial charge on any atom is 0.306 e. The number of unbranched alkanes of at least 4 members (excludes halogenated alkanes) is 36. The van der Waals surface area contributed by atoms with E-state index in [1.807, 2.05) is 21.1 Å². The van der Waals surface area contributed by atoms with Gasteiger partial charge in [-0.25, -0.2) is 0 Å². The van der Waals surface area contributed by atoms with Gasteiger partial charge in [0.15, 0.2) is 6.10 Å². The average Bonchev–Trinajstić information content (AvgIpc) is 3.36. The summed E-state index contributed by atoms with van der Waals surface area (Å²) in [7, 11) is 1.17. The van der Waals surface area contributed by atoms with E-state index in [1.54, 1.807) is 0 Å².